The molecule has 6 heteroatoms. The highest BCUT2D eigenvalue weighted by atomic mass is 16.4. The van der Waals surface area contributed by atoms with Gasteiger partial charge in [0.1, 0.15) is 16.7 Å². The Morgan fingerprint density at radius 1 is 0.360 bits per heavy atom. The van der Waals surface area contributed by atoms with Crippen molar-refractivity contribution in [2.24, 2.45) is 0 Å². The smallest absolute Gasteiger partial charge is 0.227 e. The molecule has 1 aliphatic rings. The lowest BCUT2D eigenvalue weighted by molar-refractivity contribution is 0.618. The predicted octanol–water partition coefficient (Wildman–Crippen LogP) is 12.2. The van der Waals surface area contributed by atoms with E-state index in [4.69, 9.17) is 18.8 Å². The molecule has 0 saturated carbocycles. The minimum absolute atomic E-state index is 0.527. The van der Waals surface area contributed by atoms with Gasteiger partial charge in [-0.05, 0) is 66.2 Å². The second-order valence-electron chi connectivity index (χ2n) is 12.2. The van der Waals surface area contributed by atoms with Crippen LogP contribution in [-0.4, -0.2) is 9.97 Å². The lowest BCUT2D eigenvalue weighted by atomic mass is 9.99. The minimum Gasteiger partial charge on any atom is -0.435 e. The summed E-state index contributed by atoms with van der Waals surface area (Å²) < 4.78 is 13.7. The van der Waals surface area contributed by atoms with Crippen molar-refractivity contribution in [1.29, 1.82) is 0 Å². The second-order valence-corrected chi connectivity index (χ2v) is 12.2. The van der Waals surface area contributed by atoms with Crippen LogP contribution in [0.15, 0.2) is 179 Å². The molecular weight excluding hydrogens is 617 g/mol. The van der Waals surface area contributed by atoms with Crippen molar-refractivity contribution in [3.05, 3.63) is 170 Å². The van der Waals surface area contributed by atoms with Gasteiger partial charge in [-0.3, -0.25) is 0 Å². The van der Waals surface area contributed by atoms with Crippen molar-refractivity contribution in [3.63, 3.8) is 0 Å². The Balaban J connectivity index is 1.35. The lowest BCUT2D eigenvalue weighted by Crippen LogP contribution is -2.24. The van der Waals surface area contributed by atoms with Crippen molar-refractivity contribution in [2.45, 2.75) is 0 Å². The molecule has 0 amide bonds. The summed E-state index contributed by atoms with van der Waals surface area (Å²) in [5.74, 6) is 1.05. The number of benzene rings is 7. The molecule has 236 valence electrons. The van der Waals surface area contributed by atoms with Gasteiger partial charge in [0.25, 0.3) is 0 Å². The van der Waals surface area contributed by atoms with E-state index in [-0.39, 0.29) is 0 Å². The average molecular weight is 645 g/mol. The van der Waals surface area contributed by atoms with Gasteiger partial charge in [0, 0.05) is 16.8 Å². The number of rotatable bonds is 5. The highest BCUT2D eigenvalue weighted by Gasteiger charge is 2.36. The van der Waals surface area contributed by atoms with E-state index in [2.05, 4.69) is 94.7 Å². The van der Waals surface area contributed by atoms with Crippen LogP contribution < -0.4 is 9.80 Å². The number of aromatic nitrogens is 2. The summed E-state index contributed by atoms with van der Waals surface area (Å²) >= 11 is 0. The number of oxazole rings is 2. The molecule has 0 saturated heterocycles. The molecule has 6 nitrogen and oxygen atoms in total. The molecule has 3 heterocycles. The van der Waals surface area contributed by atoms with Crippen LogP contribution in [0.5, 0.6) is 0 Å². The standard InChI is InChI=1S/C44H28N4O2/c1-5-17-29(18-6-1)37-38-42(50-43(45-38)30-19-7-2-8-20-30)40(39-41(37)49-44(46-39)31-21-9-3-10-22-31)48-35-27-15-13-25-33(35)47(32-23-11-4-12-24-32)34-26-14-16-28-36(34)48/h1-28H. The van der Waals surface area contributed by atoms with Gasteiger partial charge in [0.05, 0.1) is 28.3 Å². The van der Waals surface area contributed by atoms with Gasteiger partial charge in [-0.15, -0.1) is 0 Å². The fourth-order valence-corrected chi connectivity index (χ4v) is 7.04. The summed E-state index contributed by atoms with van der Waals surface area (Å²) in [4.78, 5) is 15.1. The topological polar surface area (TPSA) is 58.5 Å². The Morgan fingerprint density at radius 2 is 0.760 bits per heavy atom. The van der Waals surface area contributed by atoms with Crippen molar-refractivity contribution in [2.75, 3.05) is 9.80 Å². The van der Waals surface area contributed by atoms with E-state index in [1.54, 1.807) is 0 Å². The third-order valence-electron chi connectivity index (χ3n) is 9.23. The summed E-state index contributed by atoms with van der Waals surface area (Å²) in [6.45, 7) is 0. The first kappa shape index (κ1) is 28.1. The highest BCUT2D eigenvalue weighted by Crippen LogP contribution is 2.57. The van der Waals surface area contributed by atoms with Crippen LogP contribution in [0.2, 0.25) is 0 Å². The Morgan fingerprint density at radius 3 is 1.28 bits per heavy atom. The number of para-hydroxylation sites is 5. The van der Waals surface area contributed by atoms with E-state index in [9.17, 15) is 0 Å². The molecule has 0 bridgehead atoms. The molecule has 9 aromatic rings. The number of hydrogen-bond donors (Lipinski definition) is 0. The molecule has 10 rings (SSSR count). The van der Waals surface area contributed by atoms with E-state index in [0.717, 1.165) is 56.4 Å². The van der Waals surface area contributed by atoms with Gasteiger partial charge in [-0.25, -0.2) is 9.97 Å². The monoisotopic (exact) mass is 644 g/mol. The maximum Gasteiger partial charge on any atom is 0.227 e. The van der Waals surface area contributed by atoms with Crippen molar-refractivity contribution >= 4 is 56.3 Å². The maximum atomic E-state index is 6.92. The van der Waals surface area contributed by atoms with Gasteiger partial charge in [0.15, 0.2) is 11.2 Å². The minimum atomic E-state index is 0.527. The highest BCUT2D eigenvalue weighted by molar-refractivity contribution is 6.19. The Labute approximate surface area is 288 Å². The molecule has 50 heavy (non-hydrogen) atoms. The first-order chi connectivity index (χ1) is 24.8. The van der Waals surface area contributed by atoms with Crippen molar-refractivity contribution in [1.82, 2.24) is 9.97 Å². The third kappa shape index (κ3) is 4.36. The van der Waals surface area contributed by atoms with Crippen LogP contribution in [0.4, 0.5) is 34.1 Å². The SMILES string of the molecule is c1ccc(-c2nc3c(N4c5ccccc5N(c5ccccc5)c5ccccc54)c4oc(-c5ccccc5)nc4c(-c4ccccc4)c3o2)cc1. The predicted molar refractivity (Wildman–Crippen MR) is 201 cm³/mol. The molecule has 1 aliphatic heterocycles. The van der Waals surface area contributed by atoms with Crippen molar-refractivity contribution < 1.29 is 8.83 Å². The van der Waals surface area contributed by atoms with Crippen LogP contribution in [0, 0.1) is 0 Å². The van der Waals surface area contributed by atoms with E-state index in [0.29, 0.717) is 34.0 Å². The molecule has 0 unspecified atom stereocenters. The summed E-state index contributed by atoms with van der Waals surface area (Å²) in [6.07, 6.45) is 0. The van der Waals surface area contributed by atoms with E-state index in [1.807, 2.05) is 84.9 Å². The van der Waals surface area contributed by atoms with Crippen LogP contribution in [-0.2, 0) is 0 Å². The van der Waals surface area contributed by atoms with E-state index in [1.165, 1.54) is 0 Å². The van der Waals surface area contributed by atoms with Gasteiger partial charge < -0.3 is 18.6 Å². The summed E-state index contributed by atoms with van der Waals surface area (Å²) in [5, 5.41) is 0. The van der Waals surface area contributed by atoms with Gasteiger partial charge >= 0.3 is 0 Å². The summed E-state index contributed by atoms with van der Waals surface area (Å²) in [6, 6.07) is 57.7. The van der Waals surface area contributed by atoms with Crippen LogP contribution in [0.25, 0.3) is 56.2 Å². The molecule has 0 radical (unpaired) electrons. The molecule has 0 fully saturated rings. The quantitative estimate of drug-likeness (QED) is 0.186. The Hall–Kier alpha value is -6.92. The molecule has 2 aromatic heterocycles. The number of nitrogens with zero attached hydrogens (tertiary/aromatic N) is 4. The van der Waals surface area contributed by atoms with E-state index < -0.39 is 0 Å². The van der Waals surface area contributed by atoms with Gasteiger partial charge in [-0.2, -0.15) is 0 Å². The van der Waals surface area contributed by atoms with Crippen LogP contribution in [0.3, 0.4) is 0 Å². The summed E-state index contributed by atoms with van der Waals surface area (Å²) in [5.41, 5.74) is 12.1. The Bertz CT molecular complexity index is 2510. The molecule has 0 atom stereocenters. The average Bonchev–Trinajstić information content (AvgIpc) is 3.83. The second kappa shape index (κ2) is 11.4. The third-order valence-corrected chi connectivity index (χ3v) is 9.23. The molecule has 0 N–H and O–H groups in total. The van der Waals surface area contributed by atoms with Gasteiger partial charge in [-0.1, -0.05) is 109 Å². The number of hydrogen-bond acceptors (Lipinski definition) is 6. The normalized spacial score (nSPS) is 12.3. The van der Waals surface area contributed by atoms with Crippen LogP contribution in [0.1, 0.15) is 0 Å². The van der Waals surface area contributed by atoms with Crippen molar-refractivity contribution in [3.8, 4) is 34.0 Å². The zero-order valence-electron chi connectivity index (χ0n) is 26.8. The van der Waals surface area contributed by atoms with Crippen LogP contribution >= 0.6 is 0 Å². The molecule has 0 aliphatic carbocycles. The zero-order chi connectivity index (χ0) is 33.0. The maximum absolute atomic E-state index is 6.92. The first-order valence-corrected chi connectivity index (χ1v) is 16.6. The largest absolute Gasteiger partial charge is 0.435 e. The molecule has 0 spiro atoms. The molecule has 7 aromatic carbocycles. The summed E-state index contributed by atoms with van der Waals surface area (Å²) in [7, 11) is 0. The Kier molecular flexibility index (Phi) is 6.39. The fraction of sp³-hybridized carbons (Fsp3) is 0. The van der Waals surface area contributed by atoms with Gasteiger partial charge in [0.2, 0.25) is 11.8 Å². The fourth-order valence-electron chi connectivity index (χ4n) is 7.04. The van der Waals surface area contributed by atoms with E-state index >= 15 is 0 Å². The first-order valence-electron chi connectivity index (χ1n) is 16.6. The number of fused-ring (bicyclic) bond motifs is 4. The zero-order valence-corrected chi connectivity index (χ0v) is 26.8. The lowest BCUT2D eigenvalue weighted by Gasteiger charge is -2.40. The number of anilines is 6. The molecular formula is C44H28N4O2.